The molecule has 2 atom stereocenters. The SMILES string of the molecule is COc1ccccc1N1C(=O)[C@@H]2C3c4ccccc4C(c4ccccc43)[C@]2(C)C1=O. The van der Waals surface area contributed by atoms with Crippen LogP contribution >= 0.6 is 0 Å². The first kappa shape index (κ1) is 17.5. The lowest BCUT2D eigenvalue weighted by molar-refractivity contribution is -0.128. The number of para-hydroxylation sites is 2. The number of rotatable bonds is 2. The second-order valence-electron chi connectivity index (χ2n) is 8.58. The van der Waals surface area contributed by atoms with Crippen molar-refractivity contribution in [1.29, 1.82) is 0 Å². The van der Waals surface area contributed by atoms with Gasteiger partial charge >= 0.3 is 0 Å². The standard InChI is InChI=1S/C26H21NO3/c1-26-22-17-11-5-3-9-15(17)21(16-10-4-6-12-18(16)22)23(26)24(28)27(25(26)29)19-13-7-8-14-20(19)30-2/h3-14,21-23H,1-2H3/t21?,22?,23-,26-/m0/s1. The van der Waals surface area contributed by atoms with E-state index in [0.29, 0.717) is 11.4 Å². The van der Waals surface area contributed by atoms with Crippen molar-refractivity contribution in [1.82, 2.24) is 0 Å². The van der Waals surface area contributed by atoms with Crippen LogP contribution in [0.5, 0.6) is 5.75 Å². The van der Waals surface area contributed by atoms with Crippen LogP contribution in [-0.4, -0.2) is 18.9 Å². The molecular weight excluding hydrogens is 374 g/mol. The third kappa shape index (κ3) is 1.87. The second kappa shape index (κ2) is 5.82. The molecule has 0 radical (unpaired) electrons. The number of ether oxygens (including phenoxy) is 1. The molecule has 1 fully saturated rings. The Balaban J connectivity index is 1.62. The monoisotopic (exact) mass is 395 g/mol. The largest absolute Gasteiger partial charge is 0.495 e. The maximum Gasteiger partial charge on any atom is 0.241 e. The summed E-state index contributed by atoms with van der Waals surface area (Å²) in [5.41, 5.74) is 4.38. The zero-order valence-corrected chi connectivity index (χ0v) is 16.8. The third-order valence-electron chi connectivity index (χ3n) is 7.34. The number of amides is 2. The van der Waals surface area contributed by atoms with Crippen molar-refractivity contribution in [3.63, 3.8) is 0 Å². The highest BCUT2D eigenvalue weighted by molar-refractivity contribution is 6.25. The van der Waals surface area contributed by atoms with Gasteiger partial charge in [0.25, 0.3) is 0 Å². The number of carbonyl (C=O) groups is 2. The molecule has 4 nitrogen and oxygen atoms in total. The van der Waals surface area contributed by atoms with Gasteiger partial charge in [0.2, 0.25) is 11.8 Å². The Kier molecular flexibility index (Phi) is 3.39. The fraction of sp³-hybridized carbons (Fsp3) is 0.231. The van der Waals surface area contributed by atoms with Crippen LogP contribution in [0.3, 0.4) is 0 Å². The molecule has 0 unspecified atom stereocenters. The zero-order valence-electron chi connectivity index (χ0n) is 16.8. The average molecular weight is 395 g/mol. The molecule has 1 aliphatic heterocycles. The van der Waals surface area contributed by atoms with Crippen molar-refractivity contribution in [3.05, 3.63) is 95.1 Å². The van der Waals surface area contributed by atoms with Gasteiger partial charge in [-0.05, 0) is 41.3 Å². The van der Waals surface area contributed by atoms with Gasteiger partial charge in [0.1, 0.15) is 5.75 Å². The molecule has 2 amide bonds. The molecule has 4 aliphatic rings. The molecule has 0 saturated carbocycles. The number of nitrogens with zero attached hydrogens (tertiary/aromatic N) is 1. The topological polar surface area (TPSA) is 46.6 Å². The Labute approximate surface area is 175 Å². The van der Waals surface area contributed by atoms with Gasteiger partial charge in [-0.3, -0.25) is 9.59 Å². The Morgan fingerprint density at radius 1 is 0.800 bits per heavy atom. The van der Waals surface area contributed by atoms with E-state index in [4.69, 9.17) is 4.74 Å². The fourth-order valence-electron chi connectivity index (χ4n) is 6.16. The van der Waals surface area contributed by atoms with Crippen molar-refractivity contribution in [2.24, 2.45) is 11.3 Å². The van der Waals surface area contributed by atoms with Gasteiger partial charge in [0.15, 0.2) is 0 Å². The van der Waals surface area contributed by atoms with Crippen LogP contribution in [0.2, 0.25) is 0 Å². The summed E-state index contributed by atoms with van der Waals surface area (Å²) in [5, 5.41) is 0. The quantitative estimate of drug-likeness (QED) is 0.601. The summed E-state index contributed by atoms with van der Waals surface area (Å²) < 4.78 is 5.49. The molecule has 3 aromatic rings. The van der Waals surface area contributed by atoms with Gasteiger partial charge in [0.05, 0.1) is 24.1 Å². The van der Waals surface area contributed by atoms with E-state index in [1.807, 2.05) is 43.3 Å². The van der Waals surface area contributed by atoms with Crippen molar-refractivity contribution >= 4 is 17.5 Å². The van der Waals surface area contributed by atoms with E-state index in [1.165, 1.54) is 27.2 Å². The van der Waals surface area contributed by atoms with Gasteiger partial charge in [-0.15, -0.1) is 0 Å². The van der Waals surface area contributed by atoms with E-state index >= 15 is 0 Å². The van der Waals surface area contributed by atoms with Crippen molar-refractivity contribution in [3.8, 4) is 5.75 Å². The number of hydrogen-bond acceptors (Lipinski definition) is 3. The molecule has 3 aromatic carbocycles. The molecule has 0 N–H and O–H groups in total. The summed E-state index contributed by atoms with van der Waals surface area (Å²) in [7, 11) is 1.56. The van der Waals surface area contributed by atoms with Crippen LogP contribution in [0.1, 0.15) is 41.0 Å². The molecule has 0 aromatic heterocycles. The first-order valence-corrected chi connectivity index (χ1v) is 10.3. The van der Waals surface area contributed by atoms with Crippen molar-refractivity contribution in [2.45, 2.75) is 18.8 Å². The summed E-state index contributed by atoms with van der Waals surface area (Å²) in [6.07, 6.45) is 0. The van der Waals surface area contributed by atoms with E-state index < -0.39 is 11.3 Å². The predicted octanol–water partition coefficient (Wildman–Crippen LogP) is 4.48. The third-order valence-corrected chi connectivity index (χ3v) is 7.34. The van der Waals surface area contributed by atoms with Gasteiger partial charge in [0, 0.05) is 11.8 Å². The van der Waals surface area contributed by atoms with Crippen LogP contribution in [-0.2, 0) is 9.59 Å². The Morgan fingerprint density at radius 2 is 1.33 bits per heavy atom. The highest BCUT2D eigenvalue weighted by atomic mass is 16.5. The lowest BCUT2D eigenvalue weighted by atomic mass is 9.48. The van der Waals surface area contributed by atoms with E-state index in [1.54, 1.807) is 19.2 Å². The van der Waals surface area contributed by atoms with E-state index in [-0.39, 0.29) is 23.7 Å². The molecular formula is C26H21NO3. The molecule has 3 aliphatic carbocycles. The van der Waals surface area contributed by atoms with Crippen LogP contribution in [0.15, 0.2) is 72.8 Å². The van der Waals surface area contributed by atoms with E-state index in [9.17, 15) is 9.59 Å². The molecule has 2 bridgehead atoms. The Morgan fingerprint density at radius 3 is 1.93 bits per heavy atom. The second-order valence-corrected chi connectivity index (χ2v) is 8.58. The molecule has 4 heteroatoms. The first-order valence-electron chi connectivity index (χ1n) is 10.3. The Bertz CT molecular complexity index is 1180. The van der Waals surface area contributed by atoms with Gasteiger partial charge in [-0.25, -0.2) is 4.90 Å². The molecule has 7 rings (SSSR count). The average Bonchev–Trinajstić information content (AvgIpc) is 2.99. The maximum absolute atomic E-state index is 14.0. The van der Waals surface area contributed by atoms with E-state index in [0.717, 1.165) is 0 Å². The van der Waals surface area contributed by atoms with Crippen LogP contribution in [0, 0.1) is 11.3 Å². The van der Waals surface area contributed by atoms with Crippen molar-refractivity contribution in [2.75, 3.05) is 12.0 Å². The summed E-state index contributed by atoms with van der Waals surface area (Å²) in [6, 6.07) is 23.8. The number of anilines is 1. The Hall–Kier alpha value is -3.40. The lowest BCUT2D eigenvalue weighted by Crippen LogP contribution is -2.49. The van der Waals surface area contributed by atoms with E-state index in [2.05, 4.69) is 24.3 Å². The number of methoxy groups -OCH3 is 1. The molecule has 1 saturated heterocycles. The molecule has 0 spiro atoms. The van der Waals surface area contributed by atoms with Crippen LogP contribution in [0.25, 0.3) is 0 Å². The highest BCUT2D eigenvalue weighted by Gasteiger charge is 2.69. The predicted molar refractivity (Wildman–Crippen MR) is 114 cm³/mol. The number of imide groups is 1. The highest BCUT2D eigenvalue weighted by Crippen LogP contribution is 2.67. The maximum atomic E-state index is 14.0. The van der Waals surface area contributed by atoms with Crippen LogP contribution in [0.4, 0.5) is 5.69 Å². The fourth-order valence-corrected chi connectivity index (χ4v) is 6.16. The van der Waals surface area contributed by atoms with Crippen LogP contribution < -0.4 is 9.64 Å². The number of carbonyl (C=O) groups excluding carboxylic acids is 2. The summed E-state index contributed by atoms with van der Waals surface area (Å²) >= 11 is 0. The first-order chi connectivity index (χ1) is 14.6. The van der Waals surface area contributed by atoms with Crippen molar-refractivity contribution < 1.29 is 14.3 Å². The minimum atomic E-state index is -0.828. The smallest absolute Gasteiger partial charge is 0.241 e. The minimum absolute atomic E-state index is 0.122. The number of benzene rings is 3. The molecule has 30 heavy (non-hydrogen) atoms. The van der Waals surface area contributed by atoms with Gasteiger partial charge < -0.3 is 4.74 Å². The molecule has 1 heterocycles. The summed E-state index contributed by atoms with van der Waals surface area (Å²) in [4.78, 5) is 29.3. The lowest BCUT2D eigenvalue weighted by Gasteiger charge is -2.51. The zero-order chi connectivity index (χ0) is 20.6. The summed E-state index contributed by atoms with van der Waals surface area (Å²) in [6.45, 7) is 1.98. The normalized spacial score (nSPS) is 28.2. The number of hydrogen-bond donors (Lipinski definition) is 0. The van der Waals surface area contributed by atoms with Gasteiger partial charge in [-0.1, -0.05) is 60.7 Å². The molecule has 148 valence electrons. The summed E-state index contributed by atoms with van der Waals surface area (Å²) in [5.74, 6) is -0.430. The van der Waals surface area contributed by atoms with Gasteiger partial charge in [-0.2, -0.15) is 0 Å². The minimum Gasteiger partial charge on any atom is -0.495 e.